The Kier molecular flexibility index (Phi) is 7.01. The van der Waals surface area contributed by atoms with Crippen molar-refractivity contribution in [3.63, 3.8) is 0 Å². The number of rotatable bonds is 10. The number of carbonyl (C=O) groups excluding carboxylic acids is 2. The first-order valence-corrected chi connectivity index (χ1v) is 8.70. The fourth-order valence-electron chi connectivity index (χ4n) is 2.58. The van der Waals surface area contributed by atoms with Gasteiger partial charge in [-0.2, -0.15) is 0 Å². The second-order valence-corrected chi connectivity index (χ2v) is 5.76. The highest BCUT2D eigenvalue weighted by Crippen LogP contribution is 2.29. The van der Waals surface area contributed by atoms with Gasteiger partial charge in [0.25, 0.3) is 11.8 Å². The number of nitrogens with zero attached hydrogens (tertiary/aromatic N) is 1. The van der Waals surface area contributed by atoms with Crippen molar-refractivity contribution in [3.8, 4) is 5.75 Å². The molecule has 1 aromatic carbocycles. The van der Waals surface area contributed by atoms with Crippen LogP contribution in [0.3, 0.4) is 0 Å². The van der Waals surface area contributed by atoms with E-state index in [4.69, 9.17) is 9.47 Å². The first kappa shape index (κ1) is 19.0. The Bertz CT molecular complexity index is 636. The van der Waals surface area contributed by atoms with Crippen molar-refractivity contribution in [2.75, 3.05) is 26.4 Å². The maximum atomic E-state index is 12.5. The smallest absolute Gasteiger partial charge is 0.296 e. The van der Waals surface area contributed by atoms with Crippen LogP contribution in [0.4, 0.5) is 0 Å². The Hall–Kier alpha value is -2.34. The molecule has 0 fully saturated rings. The number of aliphatic hydroxyl groups is 1. The van der Waals surface area contributed by atoms with Crippen LogP contribution in [0.5, 0.6) is 5.75 Å². The maximum Gasteiger partial charge on any atom is 0.296 e. The second-order valence-electron chi connectivity index (χ2n) is 5.76. The van der Waals surface area contributed by atoms with E-state index in [2.05, 4.69) is 6.92 Å². The molecule has 6 heteroatoms. The minimum Gasteiger partial charge on any atom is -0.502 e. The first-order chi connectivity index (χ1) is 12.1. The van der Waals surface area contributed by atoms with E-state index in [1.165, 1.54) is 0 Å². The Morgan fingerprint density at radius 3 is 2.32 bits per heavy atom. The number of carbonyl (C=O) groups is 2. The summed E-state index contributed by atoms with van der Waals surface area (Å²) in [6, 6.07) is 6.75. The summed E-state index contributed by atoms with van der Waals surface area (Å²) in [5.74, 6) is -0.951. The lowest BCUT2D eigenvalue weighted by atomic mass is 10.1. The lowest BCUT2D eigenvalue weighted by molar-refractivity contribution is -0.138. The summed E-state index contributed by atoms with van der Waals surface area (Å²) in [7, 11) is 0. The molecule has 1 aliphatic heterocycles. The van der Waals surface area contributed by atoms with Crippen LogP contribution >= 0.6 is 0 Å². The summed E-state index contributed by atoms with van der Waals surface area (Å²) < 4.78 is 10.8. The van der Waals surface area contributed by atoms with Crippen LogP contribution in [-0.4, -0.2) is 48.2 Å². The molecule has 0 unspecified atom stereocenters. The summed E-state index contributed by atoms with van der Waals surface area (Å²) in [5, 5.41) is 10.1. The van der Waals surface area contributed by atoms with E-state index in [1.54, 1.807) is 24.3 Å². The van der Waals surface area contributed by atoms with Crippen molar-refractivity contribution in [2.24, 2.45) is 0 Å². The molecule has 0 spiro atoms. The van der Waals surface area contributed by atoms with Gasteiger partial charge in [0.05, 0.1) is 12.2 Å². The van der Waals surface area contributed by atoms with Crippen LogP contribution < -0.4 is 4.74 Å². The van der Waals surface area contributed by atoms with E-state index < -0.39 is 17.6 Å². The van der Waals surface area contributed by atoms with E-state index in [1.807, 2.05) is 6.92 Å². The van der Waals surface area contributed by atoms with Crippen LogP contribution in [-0.2, 0) is 14.3 Å². The molecule has 1 heterocycles. The van der Waals surface area contributed by atoms with Gasteiger partial charge in [-0.25, -0.2) is 0 Å². The number of amides is 2. The van der Waals surface area contributed by atoms with Gasteiger partial charge in [-0.05, 0) is 37.5 Å². The largest absolute Gasteiger partial charge is 0.502 e. The number of ether oxygens (including phenoxy) is 2. The first-order valence-electron chi connectivity index (χ1n) is 8.70. The molecular weight excluding hydrogens is 322 g/mol. The van der Waals surface area contributed by atoms with Crippen LogP contribution in [0.25, 0.3) is 5.57 Å². The molecule has 0 atom stereocenters. The van der Waals surface area contributed by atoms with E-state index in [9.17, 15) is 14.7 Å². The molecule has 0 saturated heterocycles. The van der Waals surface area contributed by atoms with Gasteiger partial charge in [-0.15, -0.1) is 0 Å². The highest BCUT2D eigenvalue weighted by Gasteiger charge is 2.38. The van der Waals surface area contributed by atoms with Gasteiger partial charge in [0.1, 0.15) is 5.75 Å². The molecule has 2 amide bonds. The third-order valence-electron chi connectivity index (χ3n) is 3.91. The van der Waals surface area contributed by atoms with Crippen LogP contribution in [0, 0.1) is 0 Å². The van der Waals surface area contributed by atoms with Gasteiger partial charge in [0.15, 0.2) is 5.76 Å². The highest BCUT2D eigenvalue weighted by molar-refractivity contribution is 6.34. The second kappa shape index (κ2) is 9.22. The van der Waals surface area contributed by atoms with Crippen LogP contribution in [0.15, 0.2) is 30.0 Å². The molecule has 0 aliphatic carbocycles. The minimum absolute atomic E-state index is 0.0416. The van der Waals surface area contributed by atoms with Crippen molar-refractivity contribution >= 4 is 17.4 Å². The Balaban J connectivity index is 1.98. The molecule has 6 nitrogen and oxygen atoms in total. The Labute approximate surface area is 148 Å². The Morgan fingerprint density at radius 2 is 1.68 bits per heavy atom. The SMILES string of the molecule is CCCCOCCCN1C(=O)C(O)=C(c2ccc(OCC)cc2)C1=O. The molecule has 0 bridgehead atoms. The van der Waals surface area contributed by atoms with E-state index >= 15 is 0 Å². The van der Waals surface area contributed by atoms with E-state index in [0.29, 0.717) is 37.6 Å². The molecule has 1 N–H and O–H groups in total. The number of imide groups is 1. The lowest BCUT2D eigenvalue weighted by Gasteiger charge is -2.14. The number of hydrogen-bond donors (Lipinski definition) is 1. The zero-order valence-electron chi connectivity index (χ0n) is 14.8. The molecule has 2 rings (SSSR count). The van der Waals surface area contributed by atoms with Crippen LogP contribution in [0.1, 0.15) is 38.7 Å². The van der Waals surface area contributed by atoms with Gasteiger partial charge in [0, 0.05) is 19.8 Å². The molecule has 1 aliphatic rings. The Morgan fingerprint density at radius 1 is 1.00 bits per heavy atom. The van der Waals surface area contributed by atoms with Crippen molar-refractivity contribution in [1.29, 1.82) is 0 Å². The van der Waals surface area contributed by atoms with Gasteiger partial charge < -0.3 is 14.6 Å². The maximum absolute atomic E-state index is 12.5. The molecule has 25 heavy (non-hydrogen) atoms. The molecular formula is C19H25NO5. The topological polar surface area (TPSA) is 76.1 Å². The summed E-state index contributed by atoms with van der Waals surface area (Å²) in [6.07, 6.45) is 2.60. The average molecular weight is 347 g/mol. The number of unbranched alkanes of at least 4 members (excludes halogenated alkanes) is 1. The van der Waals surface area contributed by atoms with Crippen molar-refractivity contribution in [1.82, 2.24) is 4.90 Å². The molecule has 0 saturated carbocycles. The quantitative estimate of drug-likeness (QED) is 0.520. The summed E-state index contributed by atoms with van der Waals surface area (Å²) in [6.45, 7) is 5.90. The number of hydrogen-bond acceptors (Lipinski definition) is 5. The van der Waals surface area contributed by atoms with Crippen molar-refractivity contribution in [2.45, 2.75) is 33.1 Å². The zero-order valence-corrected chi connectivity index (χ0v) is 14.8. The third-order valence-corrected chi connectivity index (χ3v) is 3.91. The van der Waals surface area contributed by atoms with Gasteiger partial charge in [0.2, 0.25) is 0 Å². The monoisotopic (exact) mass is 347 g/mol. The summed E-state index contributed by atoms with van der Waals surface area (Å²) in [4.78, 5) is 25.8. The minimum atomic E-state index is -0.651. The third kappa shape index (κ3) is 4.60. The van der Waals surface area contributed by atoms with Gasteiger partial charge >= 0.3 is 0 Å². The fraction of sp³-hybridized carbons (Fsp3) is 0.474. The number of aliphatic hydroxyl groups excluding tert-OH is 1. The summed E-state index contributed by atoms with van der Waals surface area (Å²) >= 11 is 0. The fourth-order valence-corrected chi connectivity index (χ4v) is 2.58. The van der Waals surface area contributed by atoms with Gasteiger partial charge in [-0.1, -0.05) is 25.5 Å². The highest BCUT2D eigenvalue weighted by atomic mass is 16.5. The molecule has 1 aromatic rings. The predicted octanol–water partition coefficient (Wildman–Crippen LogP) is 2.93. The van der Waals surface area contributed by atoms with Crippen LogP contribution in [0.2, 0.25) is 0 Å². The normalized spacial score (nSPS) is 14.6. The van der Waals surface area contributed by atoms with Crippen molar-refractivity contribution < 1.29 is 24.2 Å². The summed E-state index contributed by atoms with van der Waals surface area (Å²) in [5.41, 5.74) is 0.543. The van der Waals surface area contributed by atoms with Crippen molar-refractivity contribution in [3.05, 3.63) is 35.6 Å². The van der Waals surface area contributed by atoms with E-state index in [0.717, 1.165) is 17.7 Å². The molecule has 136 valence electrons. The standard InChI is InChI=1S/C19H25NO5/c1-3-5-12-24-13-6-11-20-18(22)16(17(21)19(20)23)14-7-9-15(10-8-14)25-4-2/h7-10,21H,3-6,11-13H2,1-2H3. The van der Waals surface area contributed by atoms with E-state index in [-0.39, 0.29) is 12.1 Å². The van der Waals surface area contributed by atoms with Gasteiger partial charge in [-0.3, -0.25) is 14.5 Å². The zero-order chi connectivity index (χ0) is 18.2. The molecule has 0 radical (unpaired) electrons. The average Bonchev–Trinajstić information content (AvgIpc) is 2.82. The lowest BCUT2D eigenvalue weighted by Crippen LogP contribution is -2.33. The predicted molar refractivity (Wildman–Crippen MR) is 94.2 cm³/mol. The molecule has 0 aromatic heterocycles. The number of benzene rings is 1.